The monoisotopic (exact) mass is 230 g/mol. The molecule has 0 aromatic heterocycles. The molecule has 0 saturated carbocycles. The van der Waals surface area contributed by atoms with Gasteiger partial charge in [0, 0.05) is 13.1 Å². The molecular formula is C12H26N2O2. The van der Waals surface area contributed by atoms with Crippen LogP contribution >= 0.6 is 0 Å². The van der Waals surface area contributed by atoms with Crippen molar-refractivity contribution >= 4 is 5.91 Å². The SMILES string of the molecule is CC(C)CCNC(=O)CN(C)CCC(C)O. The lowest BCUT2D eigenvalue weighted by molar-refractivity contribution is -0.122. The fourth-order valence-electron chi connectivity index (χ4n) is 1.29. The molecule has 1 unspecified atom stereocenters. The first-order chi connectivity index (χ1) is 7.41. The van der Waals surface area contributed by atoms with Gasteiger partial charge in [-0.2, -0.15) is 0 Å². The second-order valence-electron chi connectivity index (χ2n) is 4.91. The normalized spacial score (nSPS) is 13.2. The summed E-state index contributed by atoms with van der Waals surface area (Å²) in [5.41, 5.74) is 0. The Bertz CT molecular complexity index is 193. The Kier molecular flexibility index (Phi) is 8.21. The van der Waals surface area contributed by atoms with Gasteiger partial charge in [-0.05, 0) is 32.7 Å². The van der Waals surface area contributed by atoms with Gasteiger partial charge in [-0.1, -0.05) is 13.8 Å². The van der Waals surface area contributed by atoms with Crippen LogP contribution in [0.1, 0.15) is 33.6 Å². The fraction of sp³-hybridized carbons (Fsp3) is 0.917. The van der Waals surface area contributed by atoms with E-state index in [-0.39, 0.29) is 12.0 Å². The van der Waals surface area contributed by atoms with Crippen LogP contribution in [-0.2, 0) is 4.79 Å². The molecule has 0 spiro atoms. The second-order valence-corrected chi connectivity index (χ2v) is 4.91. The molecule has 0 bridgehead atoms. The summed E-state index contributed by atoms with van der Waals surface area (Å²) in [6.07, 6.45) is 1.42. The third-order valence-corrected chi connectivity index (χ3v) is 2.39. The van der Waals surface area contributed by atoms with Crippen LogP contribution in [0.25, 0.3) is 0 Å². The van der Waals surface area contributed by atoms with Crippen molar-refractivity contribution in [3.05, 3.63) is 0 Å². The zero-order valence-electron chi connectivity index (χ0n) is 11.0. The predicted octanol–water partition coefficient (Wildman–Crippen LogP) is 0.851. The van der Waals surface area contributed by atoms with Gasteiger partial charge >= 0.3 is 0 Å². The number of hydrogen-bond acceptors (Lipinski definition) is 3. The molecule has 1 atom stereocenters. The molecule has 2 N–H and O–H groups in total. The summed E-state index contributed by atoms with van der Waals surface area (Å²) in [5, 5.41) is 12.0. The lowest BCUT2D eigenvalue weighted by Crippen LogP contribution is -2.36. The van der Waals surface area contributed by atoms with Crippen LogP contribution in [0.4, 0.5) is 0 Å². The molecule has 0 rings (SSSR count). The fourth-order valence-corrected chi connectivity index (χ4v) is 1.29. The lowest BCUT2D eigenvalue weighted by Gasteiger charge is -2.17. The van der Waals surface area contributed by atoms with Crippen LogP contribution < -0.4 is 5.32 Å². The molecule has 16 heavy (non-hydrogen) atoms. The summed E-state index contributed by atoms with van der Waals surface area (Å²) in [5.74, 6) is 0.682. The molecule has 4 heteroatoms. The van der Waals surface area contributed by atoms with Crippen molar-refractivity contribution in [2.24, 2.45) is 5.92 Å². The Labute approximate surface area is 99.0 Å². The molecule has 0 aromatic rings. The van der Waals surface area contributed by atoms with Crippen molar-refractivity contribution in [1.29, 1.82) is 0 Å². The summed E-state index contributed by atoms with van der Waals surface area (Å²) in [6.45, 7) is 7.94. The molecule has 0 radical (unpaired) electrons. The number of hydrogen-bond donors (Lipinski definition) is 2. The summed E-state index contributed by atoms with van der Waals surface area (Å²) in [6, 6.07) is 0. The summed E-state index contributed by atoms with van der Waals surface area (Å²) in [7, 11) is 1.89. The third kappa shape index (κ3) is 9.93. The van der Waals surface area contributed by atoms with Gasteiger partial charge < -0.3 is 10.4 Å². The van der Waals surface area contributed by atoms with E-state index < -0.39 is 0 Å². The molecule has 0 saturated heterocycles. The van der Waals surface area contributed by atoms with Crippen molar-refractivity contribution in [2.75, 3.05) is 26.7 Å². The molecule has 1 amide bonds. The minimum Gasteiger partial charge on any atom is -0.393 e. The van der Waals surface area contributed by atoms with Gasteiger partial charge in [0.25, 0.3) is 0 Å². The summed E-state index contributed by atoms with van der Waals surface area (Å²) in [4.78, 5) is 13.4. The smallest absolute Gasteiger partial charge is 0.234 e. The number of nitrogens with zero attached hydrogens (tertiary/aromatic N) is 1. The third-order valence-electron chi connectivity index (χ3n) is 2.39. The van der Waals surface area contributed by atoms with Crippen molar-refractivity contribution in [3.8, 4) is 0 Å². The first kappa shape index (κ1) is 15.4. The maximum atomic E-state index is 11.5. The van der Waals surface area contributed by atoms with Crippen LogP contribution in [0.3, 0.4) is 0 Å². The van der Waals surface area contributed by atoms with Gasteiger partial charge in [0.15, 0.2) is 0 Å². The van der Waals surface area contributed by atoms with Crippen LogP contribution in [0.5, 0.6) is 0 Å². The minimum atomic E-state index is -0.300. The summed E-state index contributed by atoms with van der Waals surface area (Å²) >= 11 is 0. The average Bonchev–Trinajstić information content (AvgIpc) is 2.14. The van der Waals surface area contributed by atoms with E-state index >= 15 is 0 Å². The minimum absolute atomic E-state index is 0.0637. The highest BCUT2D eigenvalue weighted by Crippen LogP contribution is 1.96. The number of rotatable bonds is 8. The number of carbonyl (C=O) groups is 1. The van der Waals surface area contributed by atoms with Crippen LogP contribution in [0.15, 0.2) is 0 Å². The zero-order chi connectivity index (χ0) is 12.6. The maximum Gasteiger partial charge on any atom is 0.234 e. The number of aliphatic hydroxyl groups is 1. The number of amides is 1. The van der Waals surface area contributed by atoms with Gasteiger partial charge in [0.2, 0.25) is 5.91 Å². The van der Waals surface area contributed by atoms with Crippen molar-refractivity contribution in [1.82, 2.24) is 10.2 Å². The second kappa shape index (κ2) is 8.53. The Morgan fingerprint density at radius 2 is 1.94 bits per heavy atom. The van der Waals surface area contributed by atoms with Crippen molar-refractivity contribution in [2.45, 2.75) is 39.7 Å². The van der Waals surface area contributed by atoms with Crippen LogP contribution in [0, 0.1) is 5.92 Å². The Hall–Kier alpha value is -0.610. The predicted molar refractivity (Wildman–Crippen MR) is 66.3 cm³/mol. The summed E-state index contributed by atoms with van der Waals surface area (Å²) < 4.78 is 0. The van der Waals surface area contributed by atoms with Crippen LogP contribution in [0.2, 0.25) is 0 Å². The molecule has 0 heterocycles. The van der Waals surface area contributed by atoms with E-state index in [9.17, 15) is 4.79 Å². The van der Waals surface area contributed by atoms with E-state index in [4.69, 9.17) is 5.11 Å². The highest BCUT2D eigenvalue weighted by atomic mass is 16.3. The zero-order valence-corrected chi connectivity index (χ0v) is 11.0. The van der Waals surface area contributed by atoms with E-state index in [0.717, 1.165) is 19.5 Å². The number of aliphatic hydroxyl groups excluding tert-OH is 1. The first-order valence-electron chi connectivity index (χ1n) is 6.05. The Balaban J connectivity index is 3.54. The maximum absolute atomic E-state index is 11.5. The quantitative estimate of drug-likeness (QED) is 0.650. The molecular weight excluding hydrogens is 204 g/mol. The largest absolute Gasteiger partial charge is 0.393 e. The van der Waals surface area contributed by atoms with Gasteiger partial charge in [-0.15, -0.1) is 0 Å². The molecule has 0 aliphatic carbocycles. The van der Waals surface area contributed by atoms with Gasteiger partial charge in [0.05, 0.1) is 12.6 Å². The van der Waals surface area contributed by atoms with E-state index in [0.29, 0.717) is 18.9 Å². The first-order valence-corrected chi connectivity index (χ1v) is 6.05. The van der Waals surface area contributed by atoms with Gasteiger partial charge in [-0.3, -0.25) is 9.69 Å². The topological polar surface area (TPSA) is 52.6 Å². The number of carbonyl (C=O) groups excluding carboxylic acids is 1. The van der Waals surface area contributed by atoms with E-state index in [2.05, 4.69) is 19.2 Å². The molecule has 96 valence electrons. The molecule has 0 aromatic carbocycles. The molecule has 0 fully saturated rings. The lowest BCUT2D eigenvalue weighted by atomic mass is 10.1. The molecule has 0 aliphatic rings. The Morgan fingerprint density at radius 3 is 2.44 bits per heavy atom. The van der Waals surface area contributed by atoms with E-state index in [1.165, 1.54) is 0 Å². The highest BCUT2D eigenvalue weighted by Gasteiger charge is 2.07. The van der Waals surface area contributed by atoms with Gasteiger partial charge in [-0.25, -0.2) is 0 Å². The van der Waals surface area contributed by atoms with Gasteiger partial charge in [0.1, 0.15) is 0 Å². The standard InChI is InChI=1S/C12H26N2O2/c1-10(2)5-7-13-12(16)9-14(4)8-6-11(3)15/h10-11,15H,5-9H2,1-4H3,(H,13,16). The molecule has 0 aliphatic heterocycles. The van der Waals surface area contributed by atoms with E-state index in [1.54, 1.807) is 6.92 Å². The average molecular weight is 230 g/mol. The molecule has 4 nitrogen and oxygen atoms in total. The Morgan fingerprint density at radius 1 is 1.31 bits per heavy atom. The van der Waals surface area contributed by atoms with Crippen molar-refractivity contribution < 1.29 is 9.90 Å². The number of likely N-dealkylation sites (N-methyl/N-ethyl adjacent to an activating group) is 1. The van der Waals surface area contributed by atoms with Crippen LogP contribution in [-0.4, -0.2) is 48.7 Å². The van der Waals surface area contributed by atoms with Crippen molar-refractivity contribution in [3.63, 3.8) is 0 Å². The number of nitrogens with one attached hydrogen (secondary N) is 1. The van der Waals surface area contributed by atoms with E-state index in [1.807, 2.05) is 11.9 Å². The highest BCUT2D eigenvalue weighted by molar-refractivity contribution is 5.77.